The summed E-state index contributed by atoms with van der Waals surface area (Å²) in [6, 6.07) is 10.3. The molecule has 0 atom stereocenters. The van der Waals surface area contributed by atoms with Crippen molar-refractivity contribution in [3.63, 3.8) is 0 Å². The fourth-order valence-electron chi connectivity index (χ4n) is 1.74. The molecule has 3 rings (SSSR count). The van der Waals surface area contributed by atoms with Crippen molar-refractivity contribution in [3.8, 4) is 0 Å². The third-order valence-electron chi connectivity index (χ3n) is 3.37. The first kappa shape index (κ1) is 20.9. The molecule has 0 aromatic heterocycles. The van der Waals surface area contributed by atoms with Crippen molar-refractivity contribution in [1.29, 1.82) is 0 Å². The molecule has 0 unspecified atom stereocenters. The van der Waals surface area contributed by atoms with E-state index in [1.165, 1.54) is 46.5 Å². The van der Waals surface area contributed by atoms with E-state index in [1.54, 1.807) is 0 Å². The molecule has 0 saturated carbocycles. The minimum atomic E-state index is 0. The van der Waals surface area contributed by atoms with E-state index in [0.717, 1.165) is 12.8 Å². The number of hydrogen-bond acceptors (Lipinski definition) is 0. The molecule has 1 aromatic rings. The zero-order chi connectivity index (χ0) is 15.5. The standard InChI is InChI=1S/C8H11.C7H6.C5H5.CH3.Zr/c1-6-4-5-7(2)8(6)3;1-7-5-3-2-4-6-7;1-2-4-5-3-1;;/h4H2,1-3H3;1-6H;1-3H,4H2;1H3;/q-1;;2*-1;. The Balaban J connectivity index is 0.000000302. The van der Waals surface area contributed by atoms with E-state index in [0.29, 0.717) is 0 Å². The van der Waals surface area contributed by atoms with Crippen LogP contribution in [0.15, 0.2) is 65.3 Å². The van der Waals surface area contributed by atoms with Crippen LogP contribution < -0.4 is 0 Å². The third kappa shape index (κ3) is 8.39. The van der Waals surface area contributed by atoms with E-state index in [1.807, 2.05) is 18.2 Å². The van der Waals surface area contributed by atoms with E-state index in [4.69, 9.17) is 0 Å². The number of benzene rings is 1. The summed E-state index contributed by atoms with van der Waals surface area (Å²) < 4.78 is 2.17. The summed E-state index contributed by atoms with van der Waals surface area (Å²) in [5.74, 6) is 0. The van der Waals surface area contributed by atoms with Crippen molar-refractivity contribution in [2.45, 2.75) is 33.6 Å². The molecule has 0 radical (unpaired) electrons. The van der Waals surface area contributed by atoms with Gasteiger partial charge in [-0.1, -0.05) is 13.8 Å². The summed E-state index contributed by atoms with van der Waals surface area (Å²) in [5, 5.41) is 0. The fourth-order valence-corrected chi connectivity index (χ4v) is 2.21. The quantitative estimate of drug-likeness (QED) is 0.565. The second-order valence-electron chi connectivity index (χ2n) is 4.94. The molecule has 0 saturated heterocycles. The molecule has 0 N–H and O–H groups in total. The van der Waals surface area contributed by atoms with Gasteiger partial charge in [0.1, 0.15) is 0 Å². The van der Waals surface area contributed by atoms with Gasteiger partial charge in [0.05, 0.1) is 0 Å². The summed E-state index contributed by atoms with van der Waals surface area (Å²) >= 11 is 1.46. The molecule has 0 amide bonds. The monoisotopic (exact) mass is 367 g/mol. The maximum absolute atomic E-state index is 3.26. The molecular formula is C21H25Zr-3. The van der Waals surface area contributed by atoms with Crippen molar-refractivity contribution in [2.75, 3.05) is 0 Å². The van der Waals surface area contributed by atoms with E-state index >= 15 is 0 Å². The van der Waals surface area contributed by atoms with Crippen LogP contribution in [0.5, 0.6) is 0 Å². The van der Waals surface area contributed by atoms with E-state index in [-0.39, 0.29) is 7.43 Å². The van der Waals surface area contributed by atoms with Crippen LogP contribution in [0.25, 0.3) is 0 Å². The predicted octanol–water partition coefficient (Wildman–Crippen LogP) is 5.62. The molecule has 2 aliphatic rings. The van der Waals surface area contributed by atoms with Crippen LogP contribution in [0.1, 0.15) is 39.2 Å². The van der Waals surface area contributed by atoms with Gasteiger partial charge in [0.2, 0.25) is 0 Å². The Labute approximate surface area is 151 Å². The van der Waals surface area contributed by atoms with Gasteiger partial charge in [0, 0.05) is 0 Å². The number of rotatable bonds is 1. The minimum absolute atomic E-state index is 0. The second-order valence-corrected chi connectivity index (χ2v) is 5.65. The van der Waals surface area contributed by atoms with Gasteiger partial charge in [-0.05, 0) is 0 Å². The van der Waals surface area contributed by atoms with Crippen LogP contribution in [-0.4, -0.2) is 3.71 Å². The van der Waals surface area contributed by atoms with Crippen molar-refractivity contribution in [1.82, 2.24) is 0 Å². The van der Waals surface area contributed by atoms with E-state index in [2.05, 4.69) is 67.0 Å². The Morgan fingerprint density at radius 2 is 1.77 bits per heavy atom. The van der Waals surface area contributed by atoms with Gasteiger partial charge in [0.15, 0.2) is 0 Å². The van der Waals surface area contributed by atoms with Crippen molar-refractivity contribution < 1.29 is 24.2 Å². The zero-order valence-corrected chi connectivity index (χ0v) is 16.6. The Morgan fingerprint density at radius 1 is 1.09 bits per heavy atom. The fraction of sp³-hybridized carbons (Fsp3) is 0.238. The summed E-state index contributed by atoms with van der Waals surface area (Å²) in [7, 11) is 0. The van der Waals surface area contributed by atoms with Gasteiger partial charge in [0.25, 0.3) is 0 Å². The molecule has 0 heterocycles. The molecule has 0 nitrogen and oxygen atoms in total. The van der Waals surface area contributed by atoms with Crippen LogP contribution in [0.2, 0.25) is 0 Å². The van der Waals surface area contributed by atoms with Crippen LogP contribution in [0.3, 0.4) is 0 Å². The van der Waals surface area contributed by atoms with Gasteiger partial charge >= 0.3 is 63.8 Å². The number of allylic oxidation sites excluding steroid dienone is 8. The van der Waals surface area contributed by atoms with Gasteiger partial charge in [-0.15, -0.1) is 19.8 Å². The van der Waals surface area contributed by atoms with Gasteiger partial charge in [-0.2, -0.15) is 17.2 Å². The molecule has 0 bridgehead atoms. The first-order valence-electron chi connectivity index (χ1n) is 7.16. The van der Waals surface area contributed by atoms with E-state index < -0.39 is 0 Å². The molecule has 1 aromatic carbocycles. The van der Waals surface area contributed by atoms with Crippen molar-refractivity contribution in [3.05, 3.63) is 90.4 Å². The topological polar surface area (TPSA) is 0 Å². The van der Waals surface area contributed by atoms with Crippen LogP contribution in [0.4, 0.5) is 0 Å². The molecule has 1 heteroatoms. The summed E-state index contributed by atoms with van der Waals surface area (Å²) in [6.45, 7) is 6.44. The van der Waals surface area contributed by atoms with Gasteiger partial charge < -0.3 is 7.43 Å². The molecule has 22 heavy (non-hydrogen) atoms. The average Bonchev–Trinajstić information content (AvgIpc) is 3.19. The molecule has 0 aliphatic heterocycles. The summed E-state index contributed by atoms with van der Waals surface area (Å²) in [5.41, 5.74) is 5.57. The van der Waals surface area contributed by atoms with E-state index in [9.17, 15) is 0 Å². The number of hydrogen-bond donors (Lipinski definition) is 0. The molecule has 0 fully saturated rings. The molecule has 0 spiro atoms. The second kappa shape index (κ2) is 12.5. The first-order valence-corrected chi connectivity index (χ1v) is 8.58. The average molecular weight is 369 g/mol. The van der Waals surface area contributed by atoms with Crippen LogP contribution in [-0.2, 0) is 24.2 Å². The van der Waals surface area contributed by atoms with Crippen LogP contribution >= 0.6 is 0 Å². The maximum atomic E-state index is 3.26. The van der Waals surface area contributed by atoms with Crippen molar-refractivity contribution >= 4 is 3.71 Å². The van der Waals surface area contributed by atoms with Crippen molar-refractivity contribution in [2.24, 2.45) is 0 Å². The van der Waals surface area contributed by atoms with Gasteiger partial charge in [-0.3, -0.25) is 12.2 Å². The SMILES string of the molecule is CC1=[C-]CC(C)=C1C.[C-]1=CC=CC1.[CH3-].[Zr]=[CH]c1ccccc1. The predicted molar refractivity (Wildman–Crippen MR) is 95.0 cm³/mol. The normalized spacial score (nSPS) is 14.2. The third-order valence-corrected chi connectivity index (χ3v) is 4.19. The Bertz CT molecular complexity index is 541. The van der Waals surface area contributed by atoms with Gasteiger partial charge in [-0.25, -0.2) is 17.7 Å². The first-order chi connectivity index (χ1) is 10.1. The summed E-state index contributed by atoms with van der Waals surface area (Å²) in [4.78, 5) is 0. The Morgan fingerprint density at radius 3 is 2.00 bits per heavy atom. The zero-order valence-electron chi connectivity index (χ0n) is 14.1. The Kier molecular flexibility index (Phi) is 11.9. The molecule has 116 valence electrons. The molecular weight excluding hydrogens is 343 g/mol. The van der Waals surface area contributed by atoms with Crippen LogP contribution in [0, 0.1) is 19.6 Å². The Hall–Kier alpha value is -1.07. The summed E-state index contributed by atoms with van der Waals surface area (Å²) in [6.07, 6.45) is 14.3. The molecule has 2 aliphatic carbocycles.